The molecule has 162 valence electrons. The van der Waals surface area contributed by atoms with Crippen LogP contribution >= 0.6 is 0 Å². The van der Waals surface area contributed by atoms with E-state index in [1.807, 2.05) is 31.2 Å². The molecule has 2 aromatic rings. The molecule has 0 unspecified atom stereocenters. The van der Waals surface area contributed by atoms with E-state index in [-0.39, 0.29) is 29.6 Å². The van der Waals surface area contributed by atoms with Crippen LogP contribution < -0.4 is 5.32 Å². The van der Waals surface area contributed by atoms with Crippen molar-refractivity contribution in [3.05, 3.63) is 47.8 Å². The van der Waals surface area contributed by atoms with Gasteiger partial charge in [-0.05, 0) is 49.9 Å². The van der Waals surface area contributed by atoms with E-state index in [9.17, 15) is 18.0 Å². The van der Waals surface area contributed by atoms with Crippen LogP contribution in [0.25, 0.3) is 0 Å². The number of benzene rings is 1. The first kappa shape index (κ1) is 22.0. The summed E-state index contributed by atoms with van der Waals surface area (Å²) >= 11 is 0. The van der Waals surface area contributed by atoms with Gasteiger partial charge >= 0.3 is 5.97 Å². The fraction of sp³-hybridized carbons (Fsp3) is 0.429. The van der Waals surface area contributed by atoms with Gasteiger partial charge in [0.1, 0.15) is 16.6 Å². The van der Waals surface area contributed by atoms with Crippen molar-refractivity contribution >= 4 is 27.6 Å². The number of ether oxygens (including phenoxy) is 1. The van der Waals surface area contributed by atoms with Crippen LogP contribution in [0.4, 0.5) is 5.69 Å². The smallest absolute Gasteiger partial charge is 0.354 e. The Balaban J connectivity index is 1.80. The second-order valence-corrected chi connectivity index (χ2v) is 9.10. The molecule has 1 aliphatic rings. The minimum atomic E-state index is -3.94. The predicted molar refractivity (Wildman–Crippen MR) is 113 cm³/mol. The van der Waals surface area contributed by atoms with Gasteiger partial charge in [-0.1, -0.05) is 19.1 Å². The Labute approximate surface area is 176 Å². The van der Waals surface area contributed by atoms with Crippen molar-refractivity contribution < 1.29 is 22.7 Å². The number of nitrogens with zero attached hydrogens (tertiary/aromatic N) is 2. The maximum Gasteiger partial charge on any atom is 0.354 e. The van der Waals surface area contributed by atoms with Crippen molar-refractivity contribution in [3.8, 4) is 0 Å². The van der Waals surface area contributed by atoms with Crippen LogP contribution in [0.15, 0.2) is 41.4 Å². The number of anilines is 1. The lowest BCUT2D eigenvalue weighted by Gasteiger charge is -2.23. The monoisotopic (exact) mass is 433 g/mol. The average Bonchev–Trinajstić information content (AvgIpc) is 3.36. The van der Waals surface area contributed by atoms with Gasteiger partial charge in [-0.25, -0.2) is 13.2 Å². The zero-order chi connectivity index (χ0) is 21.9. The Morgan fingerprint density at radius 1 is 1.20 bits per heavy atom. The number of hydrogen-bond acceptors (Lipinski definition) is 5. The maximum absolute atomic E-state index is 13.2. The van der Waals surface area contributed by atoms with E-state index in [0.29, 0.717) is 18.5 Å². The number of nitrogens with one attached hydrogen (secondary N) is 1. The highest BCUT2D eigenvalue weighted by Crippen LogP contribution is 2.28. The first-order valence-electron chi connectivity index (χ1n) is 10.0. The molecule has 0 radical (unpaired) electrons. The number of amides is 1. The molecule has 9 heteroatoms. The van der Waals surface area contributed by atoms with Gasteiger partial charge < -0.3 is 14.6 Å². The number of aryl methyl sites for hydroxylation is 2. The van der Waals surface area contributed by atoms with Gasteiger partial charge in [-0.3, -0.25) is 4.79 Å². The van der Waals surface area contributed by atoms with Gasteiger partial charge in [0, 0.05) is 25.5 Å². The molecule has 1 aromatic carbocycles. The summed E-state index contributed by atoms with van der Waals surface area (Å²) in [4.78, 5) is 24.8. The zero-order valence-corrected chi connectivity index (χ0v) is 18.2. The number of hydrogen-bond donors (Lipinski definition) is 1. The van der Waals surface area contributed by atoms with Crippen LogP contribution in [-0.4, -0.2) is 48.4 Å². The van der Waals surface area contributed by atoms with Crippen molar-refractivity contribution in [3.63, 3.8) is 0 Å². The van der Waals surface area contributed by atoms with Gasteiger partial charge in [-0.15, -0.1) is 0 Å². The first-order valence-corrected chi connectivity index (χ1v) is 11.5. The maximum atomic E-state index is 13.2. The molecule has 0 bridgehead atoms. The van der Waals surface area contributed by atoms with Crippen LogP contribution in [-0.2, 0) is 33.0 Å². The molecule has 1 saturated heterocycles. The van der Waals surface area contributed by atoms with E-state index in [0.717, 1.165) is 12.0 Å². The molecule has 1 atom stereocenters. The lowest BCUT2D eigenvalue weighted by atomic mass is 10.1. The highest BCUT2D eigenvalue weighted by Gasteiger charge is 2.40. The molecule has 30 heavy (non-hydrogen) atoms. The molecule has 0 saturated carbocycles. The molecule has 1 N–H and O–H groups in total. The molecule has 0 aliphatic carbocycles. The van der Waals surface area contributed by atoms with E-state index in [2.05, 4.69) is 5.32 Å². The minimum Gasteiger partial charge on any atom is -0.461 e. The highest BCUT2D eigenvalue weighted by molar-refractivity contribution is 7.89. The fourth-order valence-corrected chi connectivity index (χ4v) is 5.29. The fourth-order valence-electron chi connectivity index (χ4n) is 3.56. The predicted octanol–water partition coefficient (Wildman–Crippen LogP) is 2.56. The molecule has 3 rings (SSSR count). The summed E-state index contributed by atoms with van der Waals surface area (Å²) in [6.07, 6.45) is 3.30. The van der Waals surface area contributed by atoms with E-state index in [4.69, 9.17) is 4.74 Å². The van der Waals surface area contributed by atoms with Crippen LogP contribution in [0, 0.1) is 0 Å². The molecule has 8 nitrogen and oxygen atoms in total. The molecule has 2 heterocycles. The van der Waals surface area contributed by atoms with Gasteiger partial charge in [0.2, 0.25) is 15.9 Å². The van der Waals surface area contributed by atoms with Crippen molar-refractivity contribution in [2.75, 3.05) is 18.5 Å². The summed E-state index contributed by atoms with van der Waals surface area (Å²) in [5.41, 5.74) is 1.93. The Hall–Kier alpha value is -2.65. The highest BCUT2D eigenvalue weighted by atomic mass is 32.2. The Morgan fingerprint density at radius 2 is 1.90 bits per heavy atom. The molecule has 1 aromatic heterocycles. The minimum absolute atomic E-state index is 0.0277. The second kappa shape index (κ2) is 9.01. The molecule has 1 fully saturated rings. The number of esters is 1. The number of aromatic nitrogens is 1. The van der Waals surface area contributed by atoms with Crippen LogP contribution in [0.5, 0.6) is 0 Å². The quantitative estimate of drug-likeness (QED) is 0.677. The summed E-state index contributed by atoms with van der Waals surface area (Å²) in [7, 11) is -2.36. The van der Waals surface area contributed by atoms with Gasteiger partial charge in [-0.2, -0.15) is 4.31 Å². The third-order valence-corrected chi connectivity index (χ3v) is 7.08. The molecule has 1 aliphatic heterocycles. The van der Waals surface area contributed by atoms with E-state index >= 15 is 0 Å². The average molecular weight is 434 g/mol. The third-order valence-electron chi connectivity index (χ3n) is 5.21. The zero-order valence-electron chi connectivity index (χ0n) is 17.4. The Morgan fingerprint density at radius 3 is 2.53 bits per heavy atom. The first-order chi connectivity index (χ1) is 14.3. The molecule has 0 spiro atoms. The summed E-state index contributed by atoms with van der Waals surface area (Å²) in [6.45, 7) is 4.17. The standard InChI is InChI=1S/C21H27N3O5S/c1-4-15-8-10-16(11-9-15)22-20(25)18-7-6-12-24(18)30(27,28)17-13-19(23(3)14-17)21(26)29-5-2/h8-11,13-14,18H,4-7,12H2,1-3H3,(H,22,25)/t18-/m0/s1. The number of rotatable bonds is 7. The van der Waals surface area contributed by atoms with E-state index in [1.165, 1.54) is 21.1 Å². The summed E-state index contributed by atoms with van der Waals surface area (Å²) in [5, 5.41) is 2.82. The lowest BCUT2D eigenvalue weighted by Crippen LogP contribution is -2.43. The molecule has 1 amide bonds. The van der Waals surface area contributed by atoms with Gasteiger partial charge in [0.15, 0.2) is 0 Å². The molecular formula is C21H27N3O5S. The number of sulfonamides is 1. The topological polar surface area (TPSA) is 97.7 Å². The van der Waals surface area contributed by atoms with Gasteiger partial charge in [0.05, 0.1) is 6.61 Å². The summed E-state index contributed by atoms with van der Waals surface area (Å²) < 4.78 is 34.0. The van der Waals surface area contributed by atoms with Crippen molar-refractivity contribution in [2.24, 2.45) is 7.05 Å². The number of carbonyl (C=O) groups excluding carboxylic acids is 2. The van der Waals surface area contributed by atoms with Crippen LogP contribution in [0.3, 0.4) is 0 Å². The van der Waals surface area contributed by atoms with Crippen molar-refractivity contribution in [1.82, 2.24) is 8.87 Å². The largest absolute Gasteiger partial charge is 0.461 e. The second-order valence-electron chi connectivity index (χ2n) is 7.21. The third kappa shape index (κ3) is 4.41. The van der Waals surface area contributed by atoms with Crippen LogP contribution in [0.1, 0.15) is 42.7 Å². The Kier molecular flexibility index (Phi) is 6.62. The SMILES string of the molecule is CCOC(=O)c1cc(S(=O)(=O)N2CCC[C@H]2C(=O)Nc2ccc(CC)cc2)cn1C. The summed E-state index contributed by atoms with van der Waals surface area (Å²) in [5.74, 6) is -0.949. The Bertz CT molecular complexity index is 1030. The van der Waals surface area contributed by atoms with Gasteiger partial charge in [0.25, 0.3) is 0 Å². The summed E-state index contributed by atoms with van der Waals surface area (Å²) in [6, 6.07) is 7.98. The van der Waals surface area contributed by atoms with Crippen LogP contribution in [0.2, 0.25) is 0 Å². The number of carbonyl (C=O) groups is 2. The van der Waals surface area contributed by atoms with Crippen molar-refractivity contribution in [2.45, 2.75) is 44.0 Å². The van der Waals surface area contributed by atoms with E-state index < -0.39 is 22.0 Å². The molecular weight excluding hydrogens is 406 g/mol. The lowest BCUT2D eigenvalue weighted by molar-refractivity contribution is -0.119. The van der Waals surface area contributed by atoms with Crippen molar-refractivity contribution in [1.29, 1.82) is 0 Å². The normalized spacial score (nSPS) is 17.1. The van der Waals surface area contributed by atoms with E-state index in [1.54, 1.807) is 14.0 Å².